The van der Waals surface area contributed by atoms with E-state index in [-0.39, 0.29) is 24.3 Å². The Hall–Kier alpha value is -2.57. The van der Waals surface area contributed by atoms with Crippen LogP contribution in [0.25, 0.3) is 0 Å². The molecular weight excluding hydrogens is 314 g/mol. The quantitative estimate of drug-likeness (QED) is 0.201. The number of benzene rings is 1. The van der Waals surface area contributed by atoms with Crippen molar-refractivity contribution in [2.45, 2.75) is 39.2 Å². The fraction of sp³-hybridized carbons (Fsp3) is 0.471. The number of nitrogens with zero attached hydrogens (tertiary/aromatic N) is 1. The zero-order valence-corrected chi connectivity index (χ0v) is 14.1. The Balaban J connectivity index is 2.95. The number of carbonyl (C=O) groups excluding carboxylic acids is 1. The lowest BCUT2D eigenvalue weighted by Gasteiger charge is -2.13. The SMILES string of the molecule is C=CCCC(=O)OCc1cc(OC)c(OCCCC)cc1[N+](=O)[O-]. The van der Waals surface area contributed by atoms with E-state index in [1.807, 2.05) is 6.92 Å². The van der Waals surface area contributed by atoms with Crippen molar-refractivity contribution in [3.8, 4) is 11.5 Å². The first-order valence-corrected chi connectivity index (χ1v) is 7.78. The van der Waals surface area contributed by atoms with Gasteiger partial charge in [0.25, 0.3) is 5.69 Å². The van der Waals surface area contributed by atoms with E-state index in [1.165, 1.54) is 19.2 Å². The number of unbranched alkanes of at least 4 members (excludes halogenated alkanes) is 1. The van der Waals surface area contributed by atoms with E-state index in [1.54, 1.807) is 6.08 Å². The van der Waals surface area contributed by atoms with Crippen LogP contribution in [0.1, 0.15) is 38.2 Å². The molecule has 1 aromatic rings. The van der Waals surface area contributed by atoms with Gasteiger partial charge in [0.2, 0.25) is 0 Å². The minimum atomic E-state index is -0.529. The summed E-state index contributed by atoms with van der Waals surface area (Å²) in [6.45, 7) is 5.79. The van der Waals surface area contributed by atoms with Gasteiger partial charge in [0, 0.05) is 6.42 Å². The van der Waals surface area contributed by atoms with Gasteiger partial charge >= 0.3 is 5.97 Å². The van der Waals surface area contributed by atoms with Crippen LogP contribution in [0, 0.1) is 10.1 Å². The predicted octanol–water partition coefficient (Wildman–Crippen LogP) is 3.79. The van der Waals surface area contributed by atoms with Crippen LogP contribution in [0.15, 0.2) is 24.8 Å². The van der Waals surface area contributed by atoms with Gasteiger partial charge in [-0.2, -0.15) is 0 Å². The van der Waals surface area contributed by atoms with Gasteiger partial charge in [-0.25, -0.2) is 0 Å². The topological polar surface area (TPSA) is 87.9 Å². The highest BCUT2D eigenvalue weighted by atomic mass is 16.6. The van der Waals surface area contributed by atoms with Crippen molar-refractivity contribution in [2.75, 3.05) is 13.7 Å². The van der Waals surface area contributed by atoms with Crippen LogP contribution in [0.5, 0.6) is 11.5 Å². The average molecular weight is 337 g/mol. The Morgan fingerprint density at radius 2 is 2.12 bits per heavy atom. The van der Waals surface area contributed by atoms with Gasteiger partial charge in [0.1, 0.15) is 6.61 Å². The van der Waals surface area contributed by atoms with Crippen LogP contribution in [-0.2, 0) is 16.1 Å². The molecule has 1 rings (SSSR count). The Morgan fingerprint density at radius 3 is 2.71 bits per heavy atom. The van der Waals surface area contributed by atoms with E-state index >= 15 is 0 Å². The predicted molar refractivity (Wildman–Crippen MR) is 89.3 cm³/mol. The molecule has 0 aliphatic carbocycles. The van der Waals surface area contributed by atoms with Crippen molar-refractivity contribution in [1.82, 2.24) is 0 Å². The first-order valence-electron chi connectivity index (χ1n) is 7.78. The van der Waals surface area contributed by atoms with Crippen LogP contribution < -0.4 is 9.47 Å². The van der Waals surface area contributed by atoms with E-state index in [4.69, 9.17) is 14.2 Å². The van der Waals surface area contributed by atoms with Crippen molar-refractivity contribution in [3.05, 3.63) is 40.5 Å². The van der Waals surface area contributed by atoms with Gasteiger partial charge in [0.15, 0.2) is 11.5 Å². The molecule has 0 bridgehead atoms. The van der Waals surface area contributed by atoms with E-state index in [9.17, 15) is 14.9 Å². The number of nitro groups is 1. The van der Waals surface area contributed by atoms with Crippen molar-refractivity contribution in [2.24, 2.45) is 0 Å². The first kappa shape index (κ1) is 19.5. The monoisotopic (exact) mass is 337 g/mol. The fourth-order valence-corrected chi connectivity index (χ4v) is 1.93. The van der Waals surface area contributed by atoms with Gasteiger partial charge in [-0.3, -0.25) is 14.9 Å². The third-order valence-electron chi connectivity index (χ3n) is 3.26. The second-order valence-corrected chi connectivity index (χ2v) is 5.08. The maximum atomic E-state index is 11.6. The van der Waals surface area contributed by atoms with Gasteiger partial charge in [-0.05, 0) is 18.9 Å². The molecule has 0 atom stereocenters. The highest BCUT2D eigenvalue weighted by Crippen LogP contribution is 2.35. The standard InChI is InChI=1S/C17H23NO6/c1-4-6-8-17(19)24-12-13-10-15(22-3)16(23-9-7-5-2)11-14(13)18(20)21/h4,10-11H,1,5-9,12H2,2-3H3. The molecular formula is C17H23NO6. The normalized spacial score (nSPS) is 10.1. The highest BCUT2D eigenvalue weighted by molar-refractivity contribution is 5.69. The molecule has 0 radical (unpaired) electrons. The number of carbonyl (C=O) groups is 1. The Morgan fingerprint density at radius 1 is 1.38 bits per heavy atom. The lowest BCUT2D eigenvalue weighted by molar-refractivity contribution is -0.385. The summed E-state index contributed by atoms with van der Waals surface area (Å²) in [4.78, 5) is 22.3. The van der Waals surface area contributed by atoms with E-state index in [0.717, 1.165) is 12.8 Å². The van der Waals surface area contributed by atoms with Crippen LogP contribution in [0.2, 0.25) is 0 Å². The van der Waals surface area contributed by atoms with Crippen molar-refractivity contribution >= 4 is 11.7 Å². The lowest BCUT2D eigenvalue weighted by Crippen LogP contribution is -2.07. The van der Waals surface area contributed by atoms with Crippen LogP contribution >= 0.6 is 0 Å². The van der Waals surface area contributed by atoms with Crippen molar-refractivity contribution in [1.29, 1.82) is 0 Å². The fourth-order valence-electron chi connectivity index (χ4n) is 1.93. The number of esters is 1. The zero-order valence-electron chi connectivity index (χ0n) is 14.1. The summed E-state index contributed by atoms with van der Waals surface area (Å²) < 4.78 is 15.8. The van der Waals surface area contributed by atoms with Gasteiger partial charge < -0.3 is 14.2 Å². The second kappa shape index (κ2) is 10.3. The summed E-state index contributed by atoms with van der Waals surface area (Å²) in [5.41, 5.74) is 0.0884. The Bertz CT molecular complexity index is 585. The Kier molecular flexibility index (Phi) is 8.32. The zero-order chi connectivity index (χ0) is 17.9. The number of ether oxygens (including phenoxy) is 3. The molecule has 0 unspecified atom stereocenters. The summed E-state index contributed by atoms with van der Waals surface area (Å²) in [5, 5.41) is 11.3. The molecule has 0 saturated heterocycles. The molecule has 7 heteroatoms. The van der Waals surface area contributed by atoms with E-state index in [2.05, 4.69) is 6.58 Å². The average Bonchev–Trinajstić information content (AvgIpc) is 2.58. The maximum Gasteiger partial charge on any atom is 0.306 e. The van der Waals surface area contributed by atoms with Gasteiger partial charge in [0.05, 0.1) is 30.3 Å². The minimum Gasteiger partial charge on any atom is -0.493 e. The molecule has 0 fully saturated rings. The highest BCUT2D eigenvalue weighted by Gasteiger charge is 2.21. The van der Waals surface area contributed by atoms with Gasteiger partial charge in [-0.15, -0.1) is 6.58 Å². The summed E-state index contributed by atoms with van der Waals surface area (Å²) >= 11 is 0. The van der Waals surface area contributed by atoms with E-state index < -0.39 is 10.9 Å². The number of methoxy groups -OCH3 is 1. The summed E-state index contributed by atoms with van der Waals surface area (Å²) in [6, 6.07) is 2.78. The molecule has 7 nitrogen and oxygen atoms in total. The minimum absolute atomic E-state index is 0.168. The van der Waals surface area contributed by atoms with E-state index in [0.29, 0.717) is 24.5 Å². The van der Waals surface area contributed by atoms with Crippen LogP contribution in [-0.4, -0.2) is 24.6 Å². The van der Waals surface area contributed by atoms with Crippen LogP contribution in [0.3, 0.4) is 0 Å². The molecule has 0 aromatic heterocycles. The number of allylic oxidation sites excluding steroid dienone is 1. The third-order valence-corrected chi connectivity index (χ3v) is 3.26. The first-order chi connectivity index (χ1) is 11.5. The molecule has 0 saturated carbocycles. The molecule has 0 aliphatic rings. The third kappa shape index (κ3) is 5.91. The summed E-state index contributed by atoms with van der Waals surface area (Å²) in [6.07, 6.45) is 4.07. The number of hydrogen-bond donors (Lipinski definition) is 0. The van der Waals surface area contributed by atoms with Gasteiger partial charge in [-0.1, -0.05) is 19.4 Å². The molecule has 132 valence electrons. The summed E-state index contributed by atoms with van der Waals surface area (Å²) in [5.74, 6) is 0.236. The smallest absolute Gasteiger partial charge is 0.306 e. The molecule has 1 aromatic carbocycles. The van der Waals surface area contributed by atoms with Crippen molar-refractivity contribution < 1.29 is 23.9 Å². The molecule has 24 heavy (non-hydrogen) atoms. The number of hydrogen-bond acceptors (Lipinski definition) is 6. The van der Waals surface area contributed by atoms with Crippen LogP contribution in [0.4, 0.5) is 5.69 Å². The molecule has 0 spiro atoms. The summed E-state index contributed by atoms with van der Waals surface area (Å²) in [7, 11) is 1.45. The Labute approximate surface area is 141 Å². The molecule has 0 heterocycles. The second-order valence-electron chi connectivity index (χ2n) is 5.08. The number of nitro benzene ring substituents is 1. The molecule has 0 N–H and O–H groups in total. The largest absolute Gasteiger partial charge is 0.493 e. The molecule has 0 aliphatic heterocycles. The molecule has 0 amide bonds. The number of rotatable bonds is 11. The maximum absolute atomic E-state index is 11.6. The lowest BCUT2D eigenvalue weighted by atomic mass is 10.1. The van der Waals surface area contributed by atoms with Crippen molar-refractivity contribution in [3.63, 3.8) is 0 Å².